The smallest absolute Gasteiger partial charge is 0.237 e. The first-order valence-corrected chi connectivity index (χ1v) is 14.2. The fraction of sp³-hybridized carbons (Fsp3) is 0.303. The number of aliphatic hydroxyl groups is 1. The summed E-state index contributed by atoms with van der Waals surface area (Å²) in [5, 5.41) is 11.4. The number of hydrogen-bond donors (Lipinski definition) is 3. The van der Waals surface area contributed by atoms with Crippen molar-refractivity contribution in [3.63, 3.8) is 0 Å². The largest absolute Gasteiger partial charge is 0.392 e. The van der Waals surface area contributed by atoms with Gasteiger partial charge in [0.1, 0.15) is 11.5 Å². The molecule has 1 aliphatic heterocycles. The number of nitrogens with two attached hydrogens (primary N) is 1. The number of nitrogen functional groups attached to an aromatic ring is 1. The molecule has 3 aromatic rings. The maximum atomic E-state index is 14.9. The number of carbonyl (C=O) groups excluding carboxylic acids is 1. The summed E-state index contributed by atoms with van der Waals surface area (Å²) >= 11 is 0. The quantitative estimate of drug-likeness (QED) is 0.248. The second kappa shape index (κ2) is 12.9. The Morgan fingerprint density at radius 1 is 1.20 bits per heavy atom. The van der Waals surface area contributed by atoms with Crippen molar-refractivity contribution in [2.24, 2.45) is 5.92 Å². The molecule has 7 nitrogen and oxygen atoms in total. The molecule has 1 aliphatic carbocycles. The van der Waals surface area contributed by atoms with Crippen LogP contribution in [0.4, 0.5) is 16.0 Å². The van der Waals surface area contributed by atoms with Crippen LogP contribution in [0.15, 0.2) is 84.5 Å². The zero-order chi connectivity index (χ0) is 28.8. The highest BCUT2D eigenvalue weighted by molar-refractivity contribution is 6.00. The highest BCUT2D eigenvalue weighted by Gasteiger charge is 2.27. The first kappa shape index (κ1) is 28.2. The third-order valence-electron chi connectivity index (χ3n) is 7.34. The molecule has 8 heteroatoms. The van der Waals surface area contributed by atoms with Crippen molar-refractivity contribution < 1.29 is 14.3 Å². The number of hydrogen-bond acceptors (Lipinski definition) is 5. The SMILES string of the molecule is CC/C=C\C/C=C\Cc1c[nH]c2nc(N)nc(-c3cccc(N4/C=C\C/C=C(C5CC5)\C=C(\F)CC4=O)c3CO)c12. The molecule has 41 heavy (non-hydrogen) atoms. The molecular formula is C33H36FN5O2. The van der Waals surface area contributed by atoms with E-state index in [1.807, 2.05) is 24.4 Å². The van der Waals surface area contributed by atoms with Crippen LogP contribution in [0.5, 0.6) is 0 Å². The molecule has 1 fully saturated rings. The Morgan fingerprint density at radius 3 is 2.80 bits per heavy atom. The van der Waals surface area contributed by atoms with Crippen LogP contribution in [-0.2, 0) is 17.8 Å². The maximum Gasteiger partial charge on any atom is 0.237 e. The summed E-state index contributed by atoms with van der Waals surface area (Å²) in [7, 11) is 0. The molecule has 0 unspecified atom stereocenters. The number of halogens is 1. The van der Waals surface area contributed by atoms with Crippen LogP contribution in [0, 0.1) is 5.92 Å². The minimum Gasteiger partial charge on any atom is -0.392 e. The van der Waals surface area contributed by atoms with E-state index in [1.54, 1.807) is 18.3 Å². The minimum absolute atomic E-state index is 0.0934. The fourth-order valence-corrected chi connectivity index (χ4v) is 5.20. The van der Waals surface area contributed by atoms with Gasteiger partial charge in [0.15, 0.2) is 0 Å². The third-order valence-corrected chi connectivity index (χ3v) is 7.34. The van der Waals surface area contributed by atoms with E-state index in [0.29, 0.717) is 46.9 Å². The topological polar surface area (TPSA) is 108 Å². The number of benzene rings is 1. The number of aromatic amines is 1. The van der Waals surface area contributed by atoms with Crippen molar-refractivity contribution in [2.45, 2.75) is 58.5 Å². The molecule has 1 amide bonds. The molecule has 212 valence electrons. The van der Waals surface area contributed by atoms with E-state index in [-0.39, 0.29) is 19.0 Å². The average molecular weight is 554 g/mol. The highest BCUT2D eigenvalue weighted by atomic mass is 19.1. The summed E-state index contributed by atoms with van der Waals surface area (Å²) < 4.78 is 14.9. The Bertz CT molecular complexity index is 1580. The number of nitrogens with zero attached hydrogens (tertiary/aromatic N) is 3. The van der Waals surface area contributed by atoms with Crippen molar-refractivity contribution in [1.82, 2.24) is 15.0 Å². The number of H-pyrrole nitrogens is 1. The van der Waals surface area contributed by atoms with Crippen LogP contribution < -0.4 is 10.6 Å². The molecule has 1 saturated carbocycles. The number of aromatic nitrogens is 3. The van der Waals surface area contributed by atoms with Gasteiger partial charge in [0.25, 0.3) is 0 Å². The number of carbonyl (C=O) groups is 1. The van der Waals surface area contributed by atoms with E-state index < -0.39 is 11.7 Å². The van der Waals surface area contributed by atoms with Gasteiger partial charge in [0, 0.05) is 28.9 Å². The average Bonchev–Trinajstić information content (AvgIpc) is 3.73. The Hall–Kier alpha value is -4.30. The van der Waals surface area contributed by atoms with Crippen LogP contribution in [0.3, 0.4) is 0 Å². The fourth-order valence-electron chi connectivity index (χ4n) is 5.20. The zero-order valence-corrected chi connectivity index (χ0v) is 23.3. The number of aliphatic hydroxyl groups excluding tert-OH is 1. The van der Waals surface area contributed by atoms with Crippen molar-refractivity contribution in [3.8, 4) is 11.3 Å². The van der Waals surface area contributed by atoms with Gasteiger partial charge in [-0.2, -0.15) is 4.98 Å². The number of allylic oxidation sites excluding steroid dienone is 8. The lowest BCUT2D eigenvalue weighted by molar-refractivity contribution is -0.117. The number of rotatable bonds is 9. The molecular weight excluding hydrogens is 517 g/mol. The molecule has 5 rings (SSSR count). The highest BCUT2D eigenvalue weighted by Crippen LogP contribution is 2.39. The van der Waals surface area contributed by atoms with Gasteiger partial charge < -0.3 is 15.8 Å². The second-order valence-corrected chi connectivity index (χ2v) is 10.4. The molecule has 0 spiro atoms. The van der Waals surface area contributed by atoms with E-state index in [4.69, 9.17) is 5.73 Å². The first-order valence-electron chi connectivity index (χ1n) is 14.2. The lowest BCUT2D eigenvalue weighted by Gasteiger charge is -2.23. The number of fused-ring (bicyclic) bond motifs is 1. The molecule has 1 aromatic carbocycles. The van der Waals surface area contributed by atoms with Gasteiger partial charge in [0.2, 0.25) is 11.9 Å². The Balaban J connectivity index is 1.54. The van der Waals surface area contributed by atoms with Gasteiger partial charge in [-0.1, -0.05) is 55.5 Å². The van der Waals surface area contributed by atoms with E-state index >= 15 is 0 Å². The molecule has 3 heterocycles. The number of anilines is 2. The predicted molar refractivity (Wildman–Crippen MR) is 162 cm³/mol. The van der Waals surface area contributed by atoms with Crippen LogP contribution >= 0.6 is 0 Å². The summed E-state index contributed by atoms with van der Waals surface area (Å²) in [6, 6.07) is 5.40. The molecule has 4 N–H and O–H groups in total. The van der Waals surface area contributed by atoms with Gasteiger partial charge in [-0.05, 0) is 67.7 Å². The summed E-state index contributed by atoms with van der Waals surface area (Å²) in [4.78, 5) is 27.0. The van der Waals surface area contributed by atoms with E-state index in [1.165, 1.54) is 11.0 Å². The first-order chi connectivity index (χ1) is 20.0. The lowest BCUT2D eigenvalue weighted by Crippen LogP contribution is -2.26. The zero-order valence-electron chi connectivity index (χ0n) is 23.3. The maximum absolute atomic E-state index is 14.9. The molecule has 0 radical (unpaired) electrons. The van der Waals surface area contributed by atoms with E-state index in [9.17, 15) is 14.3 Å². The van der Waals surface area contributed by atoms with Gasteiger partial charge in [0.05, 0.1) is 24.4 Å². The van der Waals surface area contributed by atoms with Gasteiger partial charge >= 0.3 is 0 Å². The van der Waals surface area contributed by atoms with Crippen LogP contribution in [0.25, 0.3) is 22.3 Å². The van der Waals surface area contributed by atoms with Crippen molar-refractivity contribution in [2.75, 3.05) is 10.6 Å². The molecule has 0 atom stereocenters. The molecule has 2 aliphatic rings. The predicted octanol–water partition coefficient (Wildman–Crippen LogP) is 6.98. The van der Waals surface area contributed by atoms with Crippen molar-refractivity contribution in [3.05, 3.63) is 95.7 Å². The summed E-state index contributed by atoms with van der Waals surface area (Å²) in [6.45, 7) is 1.75. The summed E-state index contributed by atoms with van der Waals surface area (Å²) in [6.07, 6.45) is 22.3. The van der Waals surface area contributed by atoms with Crippen molar-refractivity contribution in [1.29, 1.82) is 0 Å². The minimum atomic E-state index is -0.462. The van der Waals surface area contributed by atoms with Gasteiger partial charge in [-0.15, -0.1) is 0 Å². The Kier molecular flexibility index (Phi) is 8.89. The Labute approximate surface area is 239 Å². The van der Waals surface area contributed by atoms with Crippen LogP contribution in [0.2, 0.25) is 0 Å². The second-order valence-electron chi connectivity index (χ2n) is 10.4. The molecule has 2 aromatic heterocycles. The Morgan fingerprint density at radius 2 is 2.02 bits per heavy atom. The van der Waals surface area contributed by atoms with E-state index in [2.05, 4.69) is 46.2 Å². The molecule has 0 bridgehead atoms. The lowest BCUT2D eigenvalue weighted by atomic mass is 9.98. The van der Waals surface area contributed by atoms with Crippen LogP contribution in [0.1, 0.15) is 56.6 Å². The summed E-state index contributed by atoms with van der Waals surface area (Å²) in [5.41, 5.74) is 10.8. The summed E-state index contributed by atoms with van der Waals surface area (Å²) in [5.74, 6) is -0.399. The normalized spacial score (nSPS) is 20.0. The number of amides is 1. The molecule has 0 saturated heterocycles. The van der Waals surface area contributed by atoms with Crippen molar-refractivity contribution >= 4 is 28.6 Å². The third kappa shape index (κ3) is 6.55. The van der Waals surface area contributed by atoms with Crippen LogP contribution in [-0.4, -0.2) is 26.0 Å². The standard InChI is InChI=1S/C33H36FN5O2/c1-2-3-4-5-6-7-12-24-20-36-32-30(24)31(37-33(35)38-32)26-13-10-14-28(27(26)21-40)39-17-9-8-11-23(22-15-16-22)18-25(34)19-29(39)41/h3-4,6-7,9-11,13-14,17-18,20,22,40H,2,5,8,12,15-16,19,21H2,1H3,(H3,35,36,37,38)/b4-3-,7-6-,17-9-,23-11+,25-18+. The monoisotopic (exact) mass is 553 g/mol. The number of nitrogens with one attached hydrogen (secondary N) is 1. The van der Waals surface area contributed by atoms with Gasteiger partial charge in [-0.25, -0.2) is 9.37 Å². The van der Waals surface area contributed by atoms with E-state index in [0.717, 1.165) is 42.2 Å². The van der Waals surface area contributed by atoms with Gasteiger partial charge in [-0.3, -0.25) is 9.69 Å².